The van der Waals surface area contributed by atoms with Crippen LogP contribution in [0.2, 0.25) is 0 Å². The lowest BCUT2D eigenvalue weighted by molar-refractivity contribution is 0.0697. The first kappa shape index (κ1) is 13.5. The largest absolute Gasteiger partial charge is 0.489 e. The molecule has 0 amide bonds. The van der Waals surface area contributed by atoms with Gasteiger partial charge in [-0.3, -0.25) is 0 Å². The zero-order valence-corrected chi connectivity index (χ0v) is 11.4. The lowest BCUT2D eigenvalue weighted by atomic mass is 10.2. The maximum Gasteiger partial charge on any atom is 0.335 e. The van der Waals surface area contributed by atoms with Crippen LogP contribution in [0, 0.1) is 5.82 Å². The van der Waals surface area contributed by atoms with Gasteiger partial charge in [0.2, 0.25) is 0 Å². The average Bonchev–Trinajstić information content (AvgIpc) is 2.40. The molecule has 19 heavy (non-hydrogen) atoms. The van der Waals surface area contributed by atoms with E-state index in [0.717, 1.165) is 4.47 Å². The molecule has 1 N–H and O–H groups in total. The second-order valence-electron chi connectivity index (χ2n) is 3.85. The Morgan fingerprint density at radius 2 is 1.89 bits per heavy atom. The molecule has 0 saturated carbocycles. The van der Waals surface area contributed by atoms with E-state index < -0.39 is 5.97 Å². The summed E-state index contributed by atoms with van der Waals surface area (Å²) in [5.74, 6) is -0.788. The summed E-state index contributed by atoms with van der Waals surface area (Å²) in [7, 11) is 0. The normalized spacial score (nSPS) is 10.2. The Morgan fingerprint density at radius 3 is 2.53 bits per heavy atom. The standard InChI is InChI=1S/C14H10BrFO3/c15-13-6-3-11(16)7-10(13)8-19-12-4-1-9(2-5-12)14(17)18/h1-7H,8H2,(H,17,18). The molecule has 0 aliphatic rings. The summed E-state index contributed by atoms with van der Waals surface area (Å²) in [6.07, 6.45) is 0. The fraction of sp³-hybridized carbons (Fsp3) is 0.0714. The van der Waals surface area contributed by atoms with Gasteiger partial charge in [0.15, 0.2) is 0 Å². The molecule has 0 atom stereocenters. The van der Waals surface area contributed by atoms with Crippen LogP contribution in [0.3, 0.4) is 0 Å². The van der Waals surface area contributed by atoms with Crippen molar-refractivity contribution < 1.29 is 19.0 Å². The van der Waals surface area contributed by atoms with Gasteiger partial charge in [-0.05, 0) is 42.5 Å². The molecule has 2 aromatic rings. The molecule has 0 unspecified atom stereocenters. The van der Waals surface area contributed by atoms with E-state index in [1.807, 2.05) is 0 Å². The van der Waals surface area contributed by atoms with Gasteiger partial charge in [0.1, 0.15) is 18.2 Å². The van der Waals surface area contributed by atoms with Gasteiger partial charge < -0.3 is 9.84 Å². The number of benzene rings is 2. The Kier molecular flexibility index (Phi) is 4.16. The van der Waals surface area contributed by atoms with Crippen molar-refractivity contribution in [2.24, 2.45) is 0 Å². The molecule has 3 nitrogen and oxygen atoms in total. The molecule has 0 bridgehead atoms. The molecule has 0 aromatic heterocycles. The second kappa shape index (κ2) is 5.84. The van der Waals surface area contributed by atoms with Crippen molar-refractivity contribution >= 4 is 21.9 Å². The number of carboxylic acid groups (broad SMARTS) is 1. The van der Waals surface area contributed by atoms with Crippen molar-refractivity contribution in [3.05, 3.63) is 63.9 Å². The van der Waals surface area contributed by atoms with E-state index >= 15 is 0 Å². The monoisotopic (exact) mass is 324 g/mol. The summed E-state index contributed by atoms with van der Waals surface area (Å²) in [6.45, 7) is 0.199. The summed E-state index contributed by atoms with van der Waals surface area (Å²) in [6, 6.07) is 10.4. The smallest absolute Gasteiger partial charge is 0.335 e. The fourth-order valence-corrected chi connectivity index (χ4v) is 1.87. The van der Waals surface area contributed by atoms with Gasteiger partial charge in [-0.25, -0.2) is 9.18 Å². The predicted octanol–water partition coefficient (Wildman–Crippen LogP) is 3.87. The van der Waals surface area contributed by atoms with Crippen molar-refractivity contribution in [3.8, 4) is 5.75 Å². The number of rotatable bonds is 4. The molecule has 0 radical (unpaired) electrons. The Balaban J connectivity index is 2.06. The Hall–Kier alpha value is -1.88. The van der Waals surface area contributed by atoms with E-state index in [9.17, 15) is 9.18 Å². The molecule has 0 spiro atoms. The van der Waals surface area contributed by atoms with E-state index in [1.54, 1.807) is 18.2 Å². The van der Waals surface area contributed by atoms with E-state index in [0.29, 0.717) is 11.3 Å². The minimum absolute atomic E-state index is 0.194. The molecule has 0 heterocycles. The third kappa shape index (κ3) is 3.54. The Morgan fingerprint density at radius 1 is 1.21 bits per heavy atom. The lowest BCUT2D eigenvalue weighted by Crippen LogP contribution is -1.99. The zero-order chi connectivity index (χ0) is 13.8. The van der Waals surface area contributed by atoms with E-state index in [1.165, 1.54) is 24.3 Å². The predicted molar refractivity (Wildman–Crippen MR) is 71.8 cm³/mol. The van der Waals surface area contributed by atoms with Gasteiger partial charge in [-0.15, -0.1) is 0 Å². The molecule has 0 saturated heterocycles. The number of carbonyl (C=O) groups is 1. The lowest BCUT2D eigenvalue weighted by Gasteiger charge is -2.08. The topological polar surface area (TPSA) is 46.5 Å². The minimum Gasteiger partial charge on any atom is -0.489 e. The SMILES string of the molecule is O=C(O)c1ccc(OCc2cc(F)ccc2Br)cc1. The molecule has 5 heteroatoms. The molecule has 98 valence electrons. The van der Waals surface area contributed by atoms with Gasteiger partial charge in [0.25, 0.3) is 0 Å². The van der Waals surface area contributed by atoms with Crippen molar-refractivity contribution in [1.29, 1.82) is 0 Å². The van der Waals surface area contributed by atoms with E-state index in [2.05, 4.69) is 15.9 Å². The highest BCUT2D eigenvalue weighted by Crippen LogP contribution is 2.20. The molecule has 0 fully saturated rings. The second-order valence-corrected chi connectivity index (χ2v) is 4.71. The maximum absolute atomic E-state index is 13.1. The minimum atomic E-state index is -0.987. The van der Waals surface area contributed by atoms with Gasteiger partial charge in [0.05, 0.1) is 5.56 Å². The fourth-order valence-electron chi connectivity index (χ4n) is 1.51. The van der Waals surface area contributed by atoms with Crippen LogP contribution in [0.4, 0.5) is 4.39 Å². The van der Waals surface area contributed by atoms with Crippen molar-refractivity contribution in [3.63, 3.8) is 0 Å². The third-order valence-electron chi connectivity index (χ3n) is 2.50. The van der Waals surface area contributed by atoms with Gasteiger partial charge in [0, 0.05) is 10.0 Å². The number of ether oxygens (including phenoxy) is 1. The maximum atomic E-state index is 13.1. The highest BCUT2D eigenvalue weighted by atomic mass is 79.9. The van der Waals surface area contributed by atoms with Crippen LogP contribution >= 0.6 is 15.9 Å². The van der Waals surface area contributed by atoms with Crippen LogP contribution in [0.1, 0.15) is 15.9 Å². The molecule has 0 aliphatic carbocycles. The first-order valence-corrected chi connectivity index (χ1v) is 6.25. The number of hydrogen-bond donors (Lipinski definition) is 1. The van der Waals surface area contributed by atoms with Crippen LogP contribution in [-0.4, -0.2) is 11.1 Å². The van der Waals surface area contributed by atoms with Crippen molar-refractivity contribution in [2.75, 3.05) is 0 Å². The van der Waals surface area contributed by atoms with Crippen LogP contribution in [0.5, 0.6) is 5.75 Å². The van der Waals surface area contributed by atoms with Crippen LogP contribution in [0.15, 0.2) is 46.9 Å². The van der Waals surface area contributed by atoms with E-state index in [4.69, 9.17) is 9.84 Å². The number of aromatic carboxylic acids is 1. The number of halogens is 2. The average molecular weight is 325 g/mol. The zero-order valence-electron chi connectivity index (χ0n) is 9.77. The summed E-state index contributed by atoms with van der Waals surface area (Å²) >= 11 is 3.31. The molecular formula is C14H10BrFO3. The summed E-state index contributed by atoms with van der Waals surface area (Å²) in [5.41, 5.74) is 0.876. The van der Waals surface area contributed by atoms with Crippen LogP contribution < -0.4 is 4.74 Å². The number of carboxylic acids is 1. The van der Waals surface area contributed by atoms with Gasteiger partial charge >= 0.3 is 5.97 Å². The summed E-state index contributed by atoms with van der Waals surface area (Å²) < 4.78 is 19.3. The number of hydrogen-bond acceptors (Lipinski definition) is 2. The molecule has 2 rings (SSSR count). The highest BCUT2D eigenvalue weighted by molar-refractivity contribution is 9.10. The summed E-state index contributed by atoms with van der Waals surface area (Å²) in [5, 5.41) is 8.76. The summed E-state index contributed by atoms with van der Waals surface area (Å²) in [4.78, 5) is 10.7. The first-order valence-electron chi connectivity index (χ1n) is 5.46. The molecular weight excluding hydrogens is 315 g/mol. The van der Waals surface area contributed by atoms with Gasteiger partial charge in [-0.1, -0.05) is 15.9 Å². The quantitative estimate of drug-likeness (QED) is 0.928. The highest BCUT2D eigenvalue weighted by Gasteiger charge is 2.05. The molecule has 0 aliphatic heterocycles. The van der Waals surface area contributed by atoms with Crippen LogP contribution in [-0.2, 0) is 6.61 Å². The van der Waals surface area contributed by atoms with Gasteiger partial charge in [-0.2, -0.15) is 0 Å². The van der Waals surface area contributed by atoms with Crippen molar-refractivity contribution in [2.45, 2.75) is 6.61 Å². The molecule has 2 aromatic carbocycles. The van der Waals surface area contributed by atoms with Crippen molar-refractivity contribution in [1.82, 2.24) is 0 Å². The third-order valence-corrected chi connectivity index (χ3v) is 3.28. The Labute approximate surface area is 117 Å². The Bertz CT molecular complexity index is 596. The van der Waals surface area contributed by atoms with E-state index in [-0.39, 0.29) is 18.0 Å². The van der Waals surface area contributed by atoms with Crippen LogP contribution in [0.25, 0.3) is 0 Å². The first-order chi connectivity index (χ1) is 9.06.